The third kappa shape index (κ3) is 85.2. The molecule has 0 rings (SSSR count). The van der Waals surface area contributed by atoms with Crippen LogP contribution in [0.15, 0.2) is 97.2 Å². The molecule has 0 saturated carbocycles. The van der Waals surface area contributed by atoms with Crippen LogP contribution in [0.2, 0.25) is 0 Å². The van der Waals surface area contributed by atoms with Gasteiger partial charge in [0.25, 0.3) is 0 Å². The van der Waals surface area contributed by atoms with Gasteiger partial charge in [0, 0.05) is 19.3 Å². The van der Waals surface area contributed by atoms with Crippen molar-refractivity contribution in [3.05, 3.63) is 97.2 Å². The van der Waals surface area contributed by atoms with Crippen LogP contribution in [0, 0.1) is 0 Å². The van der Waals surface area contributed by atoms with Gasteiger partial charge < -0.3 is 34.2 Å². The Bertz CT molecular complexity index is 2370. The molecule has 0 aliphatic rings. The maximum Gasteiger partial charge on any atom is 0.472 e. The van der Waals surface area contributed by atoms with Crippen LogP contribution >= 0.6 is 15.6 Å². The van der Waals surface area contributed by atoms with E-state index in [1.165, 1.54) is 231 Å². The molecule has 0 aromatic carbocycles. The molecule has 0 aromatic heterocycles. The highest BCUT2D eigenvalue weighted by atomic mass is 31.2. The van der Waals surface area contributed by atoms with Crippen molar-refractivity contribution in [1.29, 1.82) is 0 Å². The molecule has 0 spiro atoms. The number of phosphoric acid groups is 2. The molecule has 0 fully saturated rings. The van der Waals surface area contributed by atoms with Gasteiger partial charge in [0.2, 0.25) is 0 Å². The maximum atomic E-state index is 13.0. The third-order valence-corrected chi connectivity index (χ3v) is 21.2. The Morgan fingerprint density at radius 2 is 0.459 bits per heavy atom. The van der Waals surface area contributed by atoms with E-state index in [0.29, 0.717) is 19.3 Å². The van der Waals surface area contributed by atoms with E-state index in [1.807, 2.05) is 0 Å². The first-order valence-corrected chi connectivity index (χ1v) is 47.5. The van der Waals surface area contributed by atoms with E-state index in [-0.39, 0.29) is 19.3 Å². The minimum absolute atomic E-state index is 0.109. The summed E-state index contributed by atoms with van der Waals surface area (Å²) in [6, 6.07) is 0. The Kier molecular flexibility index (Phi) is 81.2. The Labute approximate surface area is 667 Å². The molecule has 0 aromatic rings. The minimum atomic E-state index is -4.93. The Balaban J connectivity index is 4.40. The van der Waals surface area contributed by atoms with Crippen LogP contribution in [0.3, 0.4) is 0 Å². The highest BCUT2D eigenvalue weighted by Crippen LogP contribution is 2.45. The van der Waals surface area contributed by atoms with Gasteiger partial charge >= 0.3 is 33.6 Å². The number of hydrogen-bond donors (Lipinski definition) is 4. The Hall–Kier alpha value is -3.53. The average molecular weight is 1580 g/mol. The third-order valence-electron chi connectivity index (χ3n) is 19.3. The molecule has 0 saturated heterocycles. The van der Waals surface area contributed by atoms with Crippen molar-refractivity contribution in [2.24, 2.45) is 0 Å². The van der Waals surface area contributed by atoms with Crippen molar-refractivity contribution in [3.8, 4) is 0 Å². The fraction of sp³-hybridized carbons (Fsp3) is 0.791. The van der Waals surface area contributed by atoms with Crippen LogP contribution < -0.4 is 0 Å². The molecule has 5 unspecified atom stereocenters. The normalized spacial score (nSPS) is 14.3. The largest absolute Gasteiger partial charge is 0.472 e. The SMILES string of the molecule is CCCCC/C=C\C/C=C\C/C=C\C/C=C\CCCCCCCCCCCCCCCCCCCC(=O)OCC(O)COP(=O)(O)OCC(O)COP(=O)(O)OCC(COC(=O)CCCCCCCCCCCCC/C=C\C/C=C\C/C=C\C/C=C\CCCCC)OC(=O)CCCCCCCCCCCCCCC. The fourth-order valence-corrected chi connectivity index (χ4v) is 14.1. The zero-order valence-corrected chi connectivity index (χ0v) is 71.5. The van der Waals surface area contributed by atoms with E-state index in [0.717, 1.165) is 116 Å². The summed E-state index contributed by atoms with van der Waals surface area (Å²) in [6.07, 6.45) is 99.0. The predicted molar refractivity (Wildman–Crippen MR) is 454 cm³/mol. The number of ether oxygens (including phenoxy) is 3. The van der Waals surface area contributed by atoms with Gasteiger partial charge in [0.15, 0.2) is 6.10 Å². The molecule has 0 radical (unpaired) electrons. The molecule has 5 atom stereocenters. The summed E-state index contributed by atoms with van der Waals surface area (Å²) in [6.45, 7) is 2.69. The number of aliphatic hydroxyl groups excluding tert-OH is 2. The van der Waals surface area contributed by atoms with Gasteiger partial charge in [-0.15, -0.1) is 0 Å². The van der Waals surface area contributed by atoms with Crippen molar-refractivity contribution in [2.45, 2.75) is 424 Å². The minimum Gasteiger partial charge on any atom is -0.463 e. The number of carbonyl (C=O) groups excluding carboxylic acids is 3. The summed E-state index contributed by atoms with van der Waals surface area (Å²) < 4.78 is 61.3. The summed E-state index contributed by atoms with van der Waals surface area (Å²) in [5, 5.41) is 20.7. The van der Waals surface area contributed by atoms with Gasteiger partial charge in [-0.1, -0.05) is 375 Å². The highest BCUT2D eigenvalue weighted by molar-refractivity contribution is 7.47. The summed E-state index contributed by atoms with van der Waals surface area (Å²) in [4.78, 5) is 58.8. The van der Waals surface area contributed by atoms with E-state index in [2.05, 4.69) is 118 Å². The number of rotatable bonds is 85. The first kappa shape index (κ1) is 105. The molecule has 0 amide bonds. The molecular formula is C91H164O16P2. The number of aliphatic hydroxyl groups is 2. The van der Waals surface area contributed by atoms with Crippen molar-refractivity contribution in [1.82, 2.24) is 0 Å². The van der Waals surface area contributed by atoms with Crippen molar-refractivity contribution < 1.29 is 75.8 Å². The number of phosphoric ester groups is 2. The van der Waals surface area contributed by atoms with Crippen LogP contribution in [0.1, 0.15) is 406 Å². The molecule has 16 nitrogen and oxygen atoms in total. The molecule has 18 heteroatoms. The predicted octanol–water partition coefficient (Wildman–Crippen LogP) is 26.9. The Morgan fingerprint density at radius 3 is 0.743 bits per heavy atom. The summed E-state index contributed by atoms with van der Waals surface area (Å²) in [5.41, 5.74) is 0. The summed E-state index contributed by atoms with van der Waals surface area (Å²) in [5.74, 6) is -1.55. The molecule has 109 heavy (non-hydrogen) atoms. The van der Waals surface area contributed by atoms with E-state index < -0.39 is 91.5 Å². The van der Waals surface area contributed by atoms with Crippen molar-refractivity contribution in [2.75, 3.05) is 39.6 Å². The number of allylic oxidation sites excluding steroid dienone is 16. The number of carbonyl (C=O) groups is 3. The molecule has 0 aliphatic carbocycles. The van der Waals surface area contributed by atoms with Gasteiger partial charge in [-0.2, -0.15) is 0 Å². The zero-order chi connectivity index (χ0) is 79.4. The lowest BCUT2D eigenvalue weighted by atomic mass is 10.0. The van der Waals surface area contributed by atoms with Crippen molar-refractivity contribution >= 4 is 33.6 Å². The molecule has 4 N–H and O–H groups in total. The van der Waals surface area contributed by atoms with Crippen LogP contribution in [0.5, 0.6) is 0 Å². The lowest BCUT2D eigenvalue weighted by Crippen LogP contribution is -2.30. The maximum absolute atomic E-state index is 13.0. The van der Waals surface area contributed by atoms with E-state index in [4.69, 9.17) is 32.3 Å². The molecular weight excluding hydrogens is 1410 g/mol. The second-order valence-electron chi connectivity index (χ2n) is 30.1. The fourth-order valence-electron chi connectivity index (χ4n) is 12.5. The molecule has 0 aliphatic heterocycles. The monoisotopic (exact) mass is 1580 g/mol. The van der Waals surface area contributed by atoms with Crippen LogP contribution in [0.4, 0.5) is 0 Å². The lowest BCUT2D eigenvalue weighted by Gasteiger charge is -2.21. The van der Waals surface area contributed by atoms with Crippen LogP contribution in [-0.2, 0) is 55.8 Å². The second kappa shape index (κ2) is 83.9. The Morgan fingerprint density at radius 1 is 0.257 bits per heavy atom. The topological polar surface area (TPSA) is 231 Å². The lowest BCUT2D eigenvalue weighted by molar-refractivity contribution is -0.161. The number of hydrogen-bond acceptors (Lipinski definition) is 14. The highest BCUT2D eigenvalue weighted by Gasteiger charge is 2.29. The van der Waals surface area contributed by atoms with Gasteiger partial charge in [-0.05, 0) is 109 Å². The zero-order valence-electron chi connectivity index (χ0n) is 69.7. The first-order valence-electron chi connectivity index (χ1n) is 44.5. The standard InChI is InChI=1S/C91H164O16P2/c1-4-7-10-13-16-19-22-25-27-29-31-33-35-37-39-40-41-42-43-44-46-48-49-51-53-55-57-60-62-65-68-71-74-77-89(94)101-80-86(92)81-103-108(97,98)104-82-87(93)83-105-109(99,100)106-85-88(107-91(96)79-76-73-70-67-64-59-24-21-18-15-12-9-6-3)84-102-90(95)78-75-72-69-66-63-61-58-56-54-52-50-47-45-38-36-34-32-30-28-26-23-20-17-14-11-8-5-2/h16-17,19-20,25-28,31-34,37-39,45,86-88,92-93H,4-15,18,21-24,29-30,35-36,40-44,46-85H2,1-3H3,(H,97,98)(H,99,100)/b19-16-,20-17-,27-25-,28-26-,33-31-,34-32-,39-37-,45-38-. The van der Waals surface area contributed by atoms with E-state index in [9.17, 15) is 43.5 Å². The molecule has 0 heterocycles. The molecule has 634 valence electrons. The van der Waals surface area contributed by atoms with Crippen molar-refractivity contribution in [3.63, 3.8) is 0 Å². The average Bonchev–Trinajstić information content (AvgIpc) is 0.915. The van der Waals surface area contributed by atoms with E-state index in [1.54, 1.807) is 0 Å². The summed E-state index contributed by atoms with van der Waals surface area (Å²) >= 11 is 0. The van der Waals surface area contributed by atoms with Gasteiger partial charge in [-0.3, -0.25) is 32.5 Å². The molecule has 0 bridgehead atoms. The number of unbranched alkanes of at least 4 members (excludes halogenated alkanes) is 46. The second-order valence-corrected chi connectivity index (χ2v) is 33.0. The smallest absolute Gasteiger partial charge is 0.463 e. The van der Waals surface area contributed by atoms with Gasteiger partial charge in [-0.25, -0.2) is 9.13 Å². The van der Waals surface area contributed by atoms with Gasteiger partial charge in [0.1, 0.15) is 25.4 Å². The quantitative estimate of drug-likeness (QED) is 0.0146. The summed E-state index contributed by atoms with van der Waals surface area (Å²) in [7, 11) is -9.78. The van der Waals surface area contributed by atoms with E-state index >= 15 is 0 Å². The first-order chi connectivity index (χ1) is 53.2. The number of esters is 3. The van der Waals surface area contributed by atoms with Crippen LogP contribution in [-0.4, -0.2) is 95.9 Å². The van der Waals surface area contributed by atoms with Gasteiger partial charge in [0.05, 0.1) is 26.4 Å². The van der Waals surface area contributed by atoms with Crippen LogP contribution in [0.25, 0.3) is 0 Å².